The Bertz CT molecular complexity index is 388. The topological polar surface area (TPSA) is 47.3 Å². The minimum Gasteiger partial charge on any atom is -0.377 e. The second kappa shape index (κ2) is 6.84. The highest BCUT2D eigenvalue weighted by Gasteiger charge is 2.39. The fraction of sp³-hybridized carbons (Fsp3) is 0.600. The van der Waals surface area contributed by atoms with Crippen LogP contribution < -0.4 is 11.3 Å². The van der Waals surface area contributed by atoms with Crippen molar-refractivity contribution >= 4 is 15.9 Å². The maximum Gasteiger partial charge on any atom is 0.0847 e. The Kier molecular flexibility index (Phi) is 5.39. The van der Waals surface area contributed by atoms with E-state index >= 15 is 0 Å². The van der Waals surface area contributed by atoms with Crippen LogP contribution >= 0.6 is 15.9 Å². The molecule has 0 heterocycles. The van der Waals surface area contributed by atoms with Gasteiger partial charge in [-0.25, -0.2) is 0 Å². The number of hydrogen-bond acceptors (Lipinski definition) is 3. The third-order valence-corrected chi connectivity index (χ3v) is 4.82. The van der Waals surface area contributed by atoms with Crippen LogP contribution in [0.5, 0.6) is 0 Å². The Balaban J connectivity index is 2.11. The Morgan fingerprint density at radius 2 is 1.89 bits per heavy atom. The minimum absolute atomic E-state index is 0.111. The number of nitrogens with two attached hydrogens (primary N) is 1. The maximum absolute atomic E-state index is 5.88. The summed E-state index contributed by atoms with van der Waals surface area (Å²) in [4.78, 5) is 0. The lowest BCUT2D eigenvalue weighted by Crippen LogP contribution is -2.56. The molecule has 1 aliphatic rings. The number of ether oxygens (including phenoxy) is 1. The highest BCUT2D eigenvalue weighted by Crippen LogP contribution is 2.35. The molecule has 1 saturated carbocycles. The monoisotopic (exact) mass is 326 g/mol. The summed E-state index contributed by atoms with van der Waals surface area (Å²) < 4.78 is 6.98. The molecule has 1 aromatic rings. The lowest BCUT2D eigenvalue weighted by Gasteiger charge is -2.42. The first-order valence-electron chi connectivity index (χ1n) is 6.96. The molecule has 1 fully saturated rings. The van der Waals surface area contributed by atoms with E-state index in [1.54, 1.807) is 0 Å². The van der Waals surface area contributed by atoms with Gasteiger partial charge in [0, 0.05) is 11.6 Å². The van der Waals surface area contributed by atoms with E-state index in [1.165, 1.54) is 24.8 Å². The van der Waals surface area contributed by atoms with E-state index in [0.29, 0.717) is 0 Å². The molecule has 0 amide bonds. The average Bonchev–Trinajstić information content (AvgIpc) is 2.47. The lowest BCUT2D eigenvalue weighted by atomic mass is 9.77. The van der Waals surface area contributed by atoms with Gasteiger partial charge in [-0.15, -0.1) is 0 Å². The summed E-state index contributed by atoms with van der Waals surface area (Å²) in [6.45, 7) is 0. The Morgan fingerprint density at radius 1 is 1.26 bits per heavy atom. The van der Waals surface area contributed by atoms with Crippen LogP contribution in [0, 0.1) is 0 Å². The molecule has 0 aromatic heterocycles. The molecule has 1 aromatic carbocycles. The molecule has 4 heteroatoms. The fourth-order valence-electron chi connectivity index (χ4n) is 3.10. The van der Waals surface area contributed by atoms with Crippen molar-refractivity contribution in [3.8, 4) is 0 Å². The minimum atomic E-state index is -0.111. The van der Waals surface area contributed by atoms with Gasteiger partial charge in [0.2, 0.25) is 0 Å². The van der Waals surface area contributed by atoms with Gasteiger partial charge in [-0.05, 0) is 37.0 Å². The molecule has 0 radical (unpaired) electrons. The normalized spacial score (nSPS) is 20.2. The number of methoxy groups -OCH3 is 1. The number of benzene rings is 1. The largest absolute Gasteiger partial charge is 0.377 e. The fourth-order valence-corrected chi connectivity index (χ4v) is 3.36. The molecule has 0 aliphatic heterocycles. The van der Waals surface area contributed by atoms with Crippen molar-refractivity contribution in [1.82, 2.24) is 5.43 Å². The Morgan fingerprint density at radius 3 is 2.42 bits per heavy atom. The second-order valence-electron chi connectivity index (χ2n) is 5.38. The number of halogens is 1. The van der Waals surface area contributed by atoms with Crippen LogP contribution in [0.1, 0.15) is 37.7 Å². The van der Waals surface area contributed by atoms with Crippen LogP contribution in [0.4, 0.5) is 0 Å². The van der Waals surface area contributed by atoms with E-state index in [2.05, 4.69) is 45.6 Å². The average molecular weight is 327 g/mol. The van der Waals surface area contributed by atoms with Gasteiger partial charge in [0.15, 0.2) is 0 Å². The maximum atomic E-state index is 5.88. The van der Waals surface area contributed by atoms with Gasteiger partial charge in [0.25, 0.3) is 0 Å². The van der Waals surface area contributed by atoms with Crippen LogP contribution in [0.25, 0.3) is 0 Å². The van der Waals surface area contributed by atoms with E-state index in [0.717, 1.165) is 23.7 Å². The van der Waals surface area contributed by atoms with Crippen molar-refractivity contribution in [2.75, 3.05) is 7.11 Å². The summed E-state index contributed by atoms with van der Waals surface area (Å²) in [6, 6.07) is 8.59. The third kappa shape index (κ3) is 3.57. The molecule has 1 atom stereocenters. The number of nitrogens with one attached hydrogen (secondary N) is 1. The molecular weight excluding hydrogens is 304 g/mol. The summed E-state index contributed by atoms with van der Waals surface area (Å²) in [5.74, 6) is 5.80. The molecule has 1 aliphatic carbocycles. The predicted molar refractivity (Wildman–Crippen MR) is 81.8 cm³/mol. The van der Waals surface area contributed by atoms with Gasteiger partial charge in [0.1, 0.15) is 0 Å². The van der Waals surface area contributed by atoms with Crippen LogP contribution in [0.3, 0.4) is 0 Å². The van der Waals surface area contributed by atoms with Crippen LogP contribution in [0.15, 0.2) is 28.7 Å². The van der Waals surface area contributed by atoms with Gasteiger partial charge in [-0.1, -0.05) is 47.3 Å². The van der Waals surface area contributed by atoms with E-state index in [1.807, 2.05) is 7.11 Å². The summed E-state index contributed by atoms with van der Waals surface area (Å²) in [5, 5.41) is 0. The highest BCUT2D eigenvalue weighted by atomic mass is 79.9. The van der Waals surface area contributed by atoms with Crippen molar-refractivity contribution < 1.29 is 4.74 Å². The first-order chi connectivity index (χ1) is 9.20. The van der Waals surface area contributed by atoms with Crippen molar-refractivity contribution in [2.24, 2.45) is 5.84 Å². The first kappa shape index (κ1) is 15.0. The summed E-state index contributed by atoms with van der Waals surface area (Å²) in [7, 11) is 1.82. The zero-order chi connectivity index (χ0) is 13.7. The summed E-state index contributed by atoms with van der Waals surface area (Å²) >= 11 is 3.46. The molecular formula is C15H23BrN2O. The molecule has 3 N–H and O–H groups in total. The second-order valence-corrected chi connectivity index (χ2v) is 6.30. The van der Waals surface area contributed by atoms with Gasteiger partial charge in [0.05, 0.1) is 11.6 Å². The van der Waals surface area contributed by atoms with Crippen LogP contribution in [-0.2, 0) is 11.2 Å². The lowest BCUT2D eigenvalue weighted by molar-refractivity contribution is -0.0673. The van der Waals surface area contributed by atoms with E-state index in [-0.39, 0.29) is 11.6 Å². The smallest absolute Gasteiger partial charge is 0.0847 e. The summed E-state index contributed by atoms with van der Waals surface area (Å²) in [5.41, 5.74) is 4.16. The predicted octanol–water partition coefficient (Wildman–Crippen LogP) is 3.17. The third-order valence-electron chi connectivity index (χ3n) is 4.30. The molecule has 19 heavy (non-hydrogen) atoms. The molecule has 1 unspecified atom stereocenters. The van der Waals surface area contributed by atoms with E-state index in [9.17, 15) is 0 Å². The quantitative estimate of drug-likeness (QED) is 0.645. The number of rotatable bonds is 5. The van der Waals surface area contributed by atoms with Gasteiger partial charge >= 0.3 is 0 Å². The zero-order valence-electron chi connectivity index (χ0n) is 11.5. The molecule has 106 valence electrons. The molecule has 0 saturated heterocycles. The van der Waals surface area contributed by atoms with E-state index < -0.39 is 0 Å². The van der Waals surface area contributed by atoms with Crippen molar-refractivity contribution in [3.05, 3.63) is 34.3 Å². The Hall–Kier alpha value is -0.420. The standard InChI is InChI=1S/C15H23BrN2O/c1-19-15(9-3-2-4-10-15)14(18-17)11-12-5-7-13(16)8-6-12/h5-8,14,18H,2-4,9-11,17H2,1H3. The van der Waals surface area contributed by atoms with Gasteiger partial charge < -0.3 is 4.74 Å². The summed E-state index contributed by atoms with van der Waals surface area (Å²) in [6.07, 6.45) is 6.85. The van der Waals surface area contributed by atoms with Gasteiger partial charge in [-0.3, -0.25) is 11.3 Å². The van der Waals surface area contributed by atoms with E-state index in [4.69, 9.17) is 10.6 Å². The van der Waals surface area contributed by atoms with Gasteiger partial charge in [-0.2, -0.15) is 0 Å². The first-order valence-corrected chi connectivity index (χ1v) is 7.75. The van der Waals surface area contributed by atoms with Crippen LogP contribution in [-0.4, -0.2) is 18.8 Å². The highest BCUT2D eigenvalue weighted by molar-refractivity contribution is 9.10. The zero-order valence-corrected chi connectivity index (χ0v) is 13.1. The SMILES string of the molecule is COC1(C(Cc2ccc(Br)cc2)NN)CCCCC1. The molecule has 0 bridgehead atoms. The molecule has 0 spiro atoms. The number of hydrazine groups is 1. The van der Waals surface area contributed by atoms with Crippen molar-refractivity contribution in [2.45, 2.75) is 50.2 Å². The Labute approximate surface area is 124 Å². The molecule has 2 rings (SSSR count). The molecule has 3 nitrogen and oxygen atoms in total. The number of hydrogen-bond donors (Lipinski definition) is 2. The van der Waals surface area contributed by atoms with Crippen molar-refractivity contribution in [3.63, 3.8) is 0 Å². The van der Waals surface area contributed by atoms with Crippen molar-refractivity contribution in [1.29, 1.82) is 0 Å². The van der Waals surface area contributed by atoms with Crippen LogP contribution in [0.2, 0.25) is 0 Å².